The highest BCUT2D eigenvalue weighted by molar-refractivity contribution is 5.68. The van der Waals surface area contributed by atoms with Crippen molar-refractivity contribution in [2.24, 2.45) is 16.8 Å². The van der Waals surface area contributed by atoms with Gasteiger partial charge in [0.25, 0.3) is 0 Å². The van der Waals surface area contributed by atoms with Crippen molar-refractivity contribution < 1.29 is 0 Å². The topological polar surface area (TPSA) is 50.4 Å². The summed E-state index contributed by atoms with van der Waals surface area (Å²) in [5.41, 5.74) is 9.49. The smallest absolute Gasteiger partial charge is 0.0945 e. The number of allylic oxidation sites excluding steroid dienone is 2. The van der Waals surface area contributed by atoms with E-state index in [1.807, 2.05) is 18.4 Å². The number of rotatable bonds is 0. The summed E-state index contributed by atoms with van der Waals surface area (Å²) < 4.78 is 0. The summed E-state index contributed by atoms with van der Waals surface area (Å²) in [5.74, 6) is 0.366. The highest BCUT2D eigenvalue weighted by Crippen LogP contribution is 2.17. The van der Waals surface area contributed by atoms with Gasteiger partial charge in [-0.1, -0.05) is 12.2 Å². The summed E-state index contributed by atoms with van der Waals surface area (Å²) in [6.07, 6.45) is 7.84. The maximum Gasteiger partial charge on any atom is 0.0945 e. The fraction of sp³-hybridized carbons (Fsp3) is 0.286. The summed E-state index contributed by atoms with van der Waals surface area (Å²) in [6.45, 7) is 0. The van der Waals surface area contributed by atoms with E-state index in [1.54, 1.807) is 0 Å². The van der Waals surface area contributed by atoms with E-state index in [-0.39, 0.29) is 6.04 Å². The van der Waals surface area contributed by atoms with Crippen LogP contribution in [0.3, 0.4) is 0 Å². The maximum absolute atomic E-state index is 5.69. The van der Waals surface area contributed by atoms with Crippen LogP contribution in [0.2, 0.25) is 0 Å². The molecule has 2 rings (SSSR count). The largest absolute Gasteiger partial charge is 0.400 e. The zero-order valence-electron chi connectivity index (χ0n) is 5.49. The first kappa shape index (κ1) is 5.53. The van der Waals surface area contributed by atoms with Crippen LogP contribution in [0.5, 0.6) is 0 Å². The molecule has 0 bridgehead atoms. The van der Waals surface area contributed by atoms with Crippen molar-refractivity contribution in [3.63, 3.8) is 0 Å². The summed E-state index contributed by atoms with van der Waals surface area (Å²) in [4.78, 5) is 0. The molecule has 1 aliphatic carbocycles. The van der Waals surface area contributed by atoms with E-state index in [2.05, 4.69) is 16.6 Å². The second-order valence-electron chi connectivity index (χ2n) is 2.51. The monoisotopic (exact) mass is 135 g/mol. The molecule has 0 saturated carbocycles. The fourth-order valence-corrected chi connectivity index (χ4v) is 1.24. The van der Waals surface area contributed by atoms with Crippen LogP contribution < -0.4 is 11.2 Å². The van der Waals surface area contributed by atoms with E-state index in [0.29, 0.717) is 5.92 Å². The van der Waals surface area contributed by atoms with Crippen LogP contribution >= 0.6 is 0 Å². The lowest BCUT2D eigenvalue weighted by Crippen LogP contribution is -2.33. The van der Waals surface area contributed by atoms with Gasteiger partial charge in [-0.25, -0.2) is 0 Å². The molecule has 0 spiro atoms. The molecule has 1 heterocycles. The summed E-state index contributed by atoms with van der Waals surface area (Å²) in [5, 5.41) is 3.93. The van der Waals surface area contributed by atoms with Crippen molar-refractivity contribution in [3.05, 3.63) is 23.9 Å². The normalized spacial score (nSPS) is 35.0. The first-order valence-electron chi connectivity index (χ1n) is 3.30. The van der Waals surface area contributed by atoms with Gasteiger partial charge in [0.05, 0.1) is 6.04 Å². The summed E-state index contributed by atoms with van der Waals surface area (Å²) >= 11 is 0. The van der Waals surface area contributed by atoms with Gasteiger partial charge in [-0.3, -0.25) is 0 Å². The van der Waals surface area contributed by atoms with Crippen LogP contribution in [0.4, 0.5) is 0 Å². The first-order valence-corrected chi connectivity index (χ1v) is 3.30. The second kappa shape index (κ2) is 1.87. The van der Waals surface area contributed by atoms with Crippen LogP contribution in [-0.2, 0) is 0 Å². The van der Waals surface area contributed by atoms with E-state index in [4.69, 9.17) is 5.73 Å². The molecule has 0 saturated heterocycles. The van der Waals surface area contributed by atoms with E-state index >= 15 is 0 Å². The van der Waals surface area contributed by atoms with Gasteiger partial charge in [-0.15, -0.1) is 0 Å². The quantitative estimate of drug-likeness (QED) is 0.490. The Morgan fingerprint density at radius 2 is 2.50 bits per heavy atom. The SMILES string of the molecule is NC1=CC=CC2C=NNC12. The molecule has 10 heavy (non-hydrogen) atoms. The van der Waals surface area contributed by atoms with Gasteiger partial charge in [-0.2, -0.15) is 5.10 Å². The Morgan fingerprint density at radius 3 is 3.30 bits per heavy atom. The van der Waals surface area contributed by atoms with Crippen molar-refractivity contribution >= 4 is 6.21 Å². The van der Waals surface area contributed by atoms with Crippen molar-refractivity contribution in [3.8, 4) is 0 Å². The number of hydrazone groups is 1. The van der Waals surface area contributed by atoms with Crippen molar-refractivity contribution in [2.45, 2.75) is 6.04 Å². The minimum Gasteiger partial charge on any atom is -0.400 e. The molecule has 0 amide bonds. The lowest BCUT2D eigenvalue weighted by atomic mass is 9.95. The van der Waals surface area contributed by atoms with Gasteiger partial charge in [-0.05, 0) is 6.08 Å². The van der Waals surface area contributed by atoms with E-state index in [1.165, 1.54) is 0 Å². The lowest BCUT2D eigenvalue weighted by Gasteiger charge is -2.17. The van der Waals surface area contributed by atoms with E-state index in [9.17, 15) is 0 Å². The molecule has 0 radical (unpaired) electrons. The van der Waals surface area contributed by atoms with Crippen LogP contribution in [0.1, 0.15) is 0 Å². The van der Waals surface area contributed by atoms with Crippen molar-refractivity contribution in [1.29, 1.82) is 0 Å². The zero-order chi connectivity index (χ0) is 6.97. The minimum absolute atomic E-state index is 0.213. The Labute approximate surface area is 59.3 Å². The Hall–Kier alpha value is -1.25. The number of nitrogens with one attached hydrogen (secondary N) is 1. The highest BCUT2D eigenvalue weighted by Gasteiger charge is 2.25. The Morgan fingerprint density at radius 1 is 1.60 bits per heavy atom. The molecule has 3 N–H and O–H groups in total. The third-order valence-corrected chi connectivity index (χ3v) is 1.83. The van der Waals surface area contributed by atoms with Gasteiger partial charge in [0.15, 0.2) is 0 Å². The molecule has 2 unspecified atom stereocenters. The van der Waals surface area contributed by atoms with Gasteiger partial charge in [0, 0.05) is 17.8 Å². The molecule has 0 aromatic heterocycles. The predicted octanol–water partition coefficient (Wildman–Crippen LogP) is -0.0274. The van der Waals surface area contributed by atoms with E-state index in [0.717, 1.165) is 5.70 Å². The van der Waals surface area contributed by atoms with Crippen molar-refractivity contribution in [1.82, 2.24) is 5.43 Å². The van der Waals surface area contributed by atoms with Gasteiger partial charge in [0.1, 0.15) is 0 Å². The molecule has 1 aliphatic heterocycles. The second-order valence-corrected chi connectivity index (χ2v) is 2.51. The number of hydrogen-bond donors (Lipinski definition) is 2. The molecule has 0 fully saturated rings. The van der Waals surface area contributed by atoms with Gasteiger partial charge >= 0.3 is 0 Å². The third-order valence-electron chi connectivity index (χ3n) is 1.83. The first-order chi connectivity index (χ1) is 4.88. The number of fused-ring (bicyclic) bond motifs is 1. The molecule has 0 aromatic rings. The Kier molecular flexibility index (Phi) is 1.03. The number of hydrogen-bond acceptors (Lipinski definition) is 3. The minimum atomic E-state index is 0.213. The number of nitrogens with zero attached hydrogens (tertiary/aromatic N) is 1. The van der Waals surface area contributed by atoms with Gasteiger partial charge < -0.3 is 11.2 Å². The molecular weight excluding hydrogens is 126 g/mol. The Bertz CT molecular complexity index is 227. The molecule has 52 valence electrons. The maximum atomic E-state index is 5.69. The standard InChI is InChI=1S/C7H9N3/c8-6-3-1-2-5-4-9-10-7(5)6/h1-5,7,10H,8H2. The van der Waals surface area contributed by atoms with Crippen LogP contribution in [0.25, 0.3) is 0 Å². The van der Waals surface area contributed by atoms with Crippen LogP contribution in [0.15, 0.2) is 29.0 Å². The average Bonchev–Trinajstić information content (AvgIpc) is 2.36. The van der Waals surface area contributed by atoms with Crippen molar-refractivity contribution in [2.75, 3.05) is 0 Å². The zero-order valence-corrected chi connectivity index (χ0v) is 5.49. The molecule has 3 heteroatoms. The average molecular weight is 135 g/mol. The Balaban J connectivity index is 2.29. The summed E-state index contributed by atoms with van der Waals surface area (Å²) in [7, 11) is 0. The molecule has 2 aliphatic rings. The van der Waals surface area contributed by atoms with Crippen LogP contribution in [-0.4, -0.2) is 12.3 Å². The molecule has 2 atom stereocenters. The lowest BCUT2D eigenvalue weighted by molar-refractivity contribution is 0.587. The third kappa shape index (κ3) is 0.635. The van der Waals surface area contributed by atoms with E-state index < -0.39 is 0 Å². The van der Waals surface area contributed by atoms with Crippen LogP contribution in [0, 0.1) is 5.92 Å². The number of nitrogens with two attached hydrogens (primary N) is 1. The highest BCUT2D eigenvalue weighted by atomic mass is 15.3. The summed E-state index contributed by atoms with van der Waals surface area (Å²) in [6, 6.07) is 0.213. The fourth-order valence-electron chi connectivity index (χ4n) is 1.24. The van der Waals surface area contributed by atoms with Gasteiger partial charge in [0.2, 0.25) is 0 Å². The molecule has 3 nitrogen and oxygen atoms in total. The molecular formula is C7H9N3. The predicted molar refractivity (Wildman–Crippen MR) is 40.3 cm³/mol. The molecule has 0 aromatic carbocycles.